The molecule has 0 saturated carbocycles. The summed E-state index contributed by atoms with van der Waals surface area (Å²) < 4.78 is 39.1. The lowest BCUT2D eigenvalue weighted by atomic mass is 10.1. The van der Waals surface area contributed by atoms with Gasteiger partial charge in [0, 0.05) is 31.3 Å². The molecule has 28 heavy (non-hydrogen) atoms. The summed E-state index contributed by atoms with van der Waals surface area (Å²) in [6.07, 6.45) is -1.20. The lowest BCUT2D eigenvalue weighted by molar-refractivity contribution is -0.138. The van der Waals surface area contributed by atoms with E-state index in [0.717, 1.165) is 32.5 Å². The molecule has 156 valence electrons. The van der Waals surface area contributed by atoms with Crippen molar-refractivity contribution in [2.75, 3.05) is 19.6 Å². The lowest BCUT2D eigenvalue weighted by Gasteiger charge is -2.29. The smallest absolute Gasteiger partial charge is 0.416 e. The van der Waals surface area contributed by atoms with Gasteiger partial charge in [0.15, 0.2) is 0 Å². The second kappa shape index (κ2) is 11.5. The zero-order chi connectivity index (χ0) is 21.2. The molecule has 1 aliphatic rings. The van der Waals surface area contributed by atoms with E-state index < -0.39 is 23.7 Å². The minimum Gasteiger partial charge on any atom is -0.478 e. The monoisotopic (exact) mass is 402 g/mol. The Morgan fingerprint density at radius 2 is 1.82 bits per heavy atom. The van der Waals surface area contributed by atoms with Gasteiger partial charge in [-0.05, 0) is 37.6 Å². The fraction of sp³-hybridized carbons (Fsp3) is 0.474. The van der Waals surface area contributed by atoms with Crippen molar-refractivity contribution in [3.8, 4) is 0 Å². The van der Waals surface area contributed by atoms with Crippen molar-refractivity contribution in [3.05, 3.63) is 47.5 Å². The fourth-order valence-electron chi connectivity index (χ4n) is 2.93. The van der Waals surface area contributed by atoms with E-state index in [4.69, 9.17) is 10.2 Å². The molecule has 6 nitrogen and oxygen atoms in total. The number of hydrogen-bond acceptors (Lipinski definition) is 4. The van der Waals surface area contributed by atoms with Crippen molar-refractivity contribution in [1.82, 2.24) is 10.2 Å². The van der Waals surface area contributed by atoms with Gasteiger partial charge >= 0.3 is 18.1 Å². The van der Waals surface area contributed by atoms with Crippen LogP contribution in [0.15, 0.2) is 36.4 Å². The van der Waals surface area contributed by atoms with Crippen molar-refractivity contribution in [1.29, 1.82) is 0 Å². The van der Waals surface area contributed by atoms with Gasteiger partial charge in [-0.1, -0.05) is 25.1 Å². The molecule has 2 rings (SSSR count). The van der Waals surface area contributed by atoms with Crippen LogP contribution in [0.4, 0.5) is 13.2 Å². The first kappa shape index (κ1) is 23.6. The molecule has 1 atom stereocenters. The number of hydrogen-bond donors (Lipinski definition) is 3. The molecule has 9 heteroatoms. The van der Waals surface area contributed by atoms with Crippen LogP contribution in [-0.4, -0.2) is 52.7 Å². The summed E-state index contributed by atoms with van der Waals surface area (Å²) in [5.74, 6) is -2.51. The minimum absolute atomic E-state index is 0.344. The third-order valence-corrected chi connectivity index (χ3v) is 4.13. The number of nitrogens with one attached hydrogen (secondary N) is 1. The molecule has 0 aromatic heterocycles. The first-order valence-electron chi connectivity index (χ1n) is 8.89. The van der Waals surface area contributed by atoms with E-state index in [1.54, 1.807) is 12.1 Å². The number of carboxylic acid groups (broad SMARTS) is 2. The first-order valence-corrected chi connectivity index (χ1v) is 8.89. The predicted octanol–water partition coefficient (Wildman–Crippen LogP) is 2.99. The summed E-state index contributed by atoms with van der Waals surface area (Å²) in [4.78, 5) is 21.3. The Hall–Kier alpha value is -2.39. The first-order chi connectivity index (χ1) is 13.1. The summed E-state index contributed by atoms with van der Waals surface area (Å²) in [5, 5.41) is 18.9. The van der Waals surface area contributed by atoms with E-state index in [1.807, 2.05) is 0 Å². The van der Waals surface area contributed by atoms with E-state index in [1.165, 1.54) is 12.1 Å². The highest BCUT2D eigenvalue weighted by atomic mass is 19.4. The highest BCUT2D eigenvalue weighted by molar-refractivity contribution is 5.89. The molecule has 1 fully saturated rings. The number of aliphatic carboxylic acids is 2. The van der Waals surface area contributed by atoms with Crippen LogP contribution in [0.25, 0.3) is 0 Å². The second-order valence-electron chi connectivity index (χ2n) is 6.28. The van der Waals surface area contributed by atoms with Crippen LogP contribution in [0.5, 0.6) is 0 Å². The Morgan fingerprint density at radius 3 is 2.29 bits per heavy atom. The largest absolute Gasteiger partial charge is 0.478 e. The highest BCUT2D eigenvalue weighted by Gasteiger charge is 2.33. The van der Waals surface area contributed by atoms with Gasteiger partial charge in [0.1, 0.15) is 0 Å². The van der Waals surface area contributed by atoms with Gasteiger partial charge in [0.25, 0.3) is 0 Å². The molecule has 0 bridgehead atoms. The lowest BCUT2D eigenvalue weighted by Crippen LogP contribution is -2.37. The van der Waals surface area contributed by atoms with Crippen LogP contribution >= 0.6 is 0 Å². The molecule has 1 aliphatic heterocycles. The van der Waals surface area contributed by atoms with Crippen molar-refractivity contribution >= 4 is 11.9 Å². The van der Waals surface area contributed by atoms with Crippen LogP contribution in [0.1, 0.15) is 30.9 Å². The Bertz CT molecular complexity index is 655. The Morgan fingerprint density at radius 1 is 1.21 bits per heavy atom. The van der Waals surface area contributed by atoms with E-state index in [-0.39, 0.29) is 0 Å². The molecule has 1 aromatic carbocycles. The summed E-state index contributed by atoms with van der Waals surface area (Å²) in [5.41, 5.74) is -0.132. The van der Waals surface area contributed by atoms with Crippen molar-refractivity contribution in [3.63, 3.8) is 0 Å². The standard InChI is InChI=1S/C15H21F3N2.C4H4O4/c1-2-9-20(13-7-8-19-10-13)11-12-5-3-4-6-14(12)15(16,17)18;5-3(6)1-2-4(7)8/h3-6,13,19H,2,7-11H2,1H3;1-2H,(H,5,6)(H,7,8)/b;2-1+/t13-;/m0./s1. The summed E-state index contributed by atoms with van der Waals surface area (Å²) in [6, 6.07) is 6.24. The van der Waals surface area contributed by atoms with E-state index in [0.29, 0.717) is 30.3 Å². The van der Waals surface area contributed by atoms with Gasteiger partial charge in [-0.3, -0.25) is 4.90 Å². The molecular weight excluding hydrogens is 377 g/mol. The van der Waals surface area contributed by atoms with Gasteiger partial charge in [0.2, 0.25) is 0 Å². The van der Waals surface area contributed by atoms with Gasteiger partial charge in [-0.25, -0.2) is 9.59 Å². The van der Waals surface area contributed by atoms with Crippen molar-refractivity contribution in [2.45, 2.75) is 38.5 Å². The Labute approximate surface area is 161 Å². The van der Waals surface area contributed by atoms with Crippen LogP contribution in [0.2, 0.25) is 0 Å². The number of benzene rings is 1. The van der Waals surface area contributed by atoms with Gasteiger partial charge < -0.3 is 15.5 Å². The van der Waals surface area contributed by atoms with Crippen molar-refractivity contribution in [2.24, 2.45) is 0 Å². The third-order valence-electron chi connectivity index (χ3n) is 4.13. The van der Waals surface area contributed by atoms with E-state index in [9.17, 15) is 22.8 Å². The van der Waals surface area contributed by atoms with Crippen LogP contribution in [0, 0.1) is 0 Å². The highest BCUT2D eigenvalue weighted by Crippen LogP contribution is 2.32. The van der Waals surface area contributed by atoms with Gasteiger partial charge in [0.05, 0.1) is 5.56 Å². The molecule has 0 unspecified atom stereocenters. The van der Waals surface area contributed by atoms with Crippen molar-refractivity contribution < 1.29 is 33.0 Å². The zero-order valence-corrected chi connectivity index (χ0v) is 15.6. The molecule has 0 aliphatic carbocycles. The predicted molar refractivity (Wildman–Crippen MR) is 97.8 cm³/mol. The van der Waals surface area contributed by atoms with Gasteiger partial charge in [-0.15, -0.1) is 0 Å². The minimum atomic E-state index is -4.28. The number of nitrogens with zero attached hydrogens (tertiary/aromatic N) is 1. The van der Waals surface area contributed by atoms with Crippen LogP contribution in [-0.2, 0) is 22.3 Å². The van der Waals surface area contributed by atoms with E-state index in [2.05, 4.69) is 17.1 Å². The molecule has 1 saturated heterocycles. The third kappa shape index (κ3) is 8.53. The number of carbonyl (C=O) groups is 2. The Kier molecular flexibility index (Phi) is 9.67. The molecule has 3 N–H and O–H groups in total. The van der Waals surface area contributed by atoms with E-state index >= 15 is 0 Å². The normalized spacial score (nSPS) is 16.8. The zero-order valence-electron chi connectivity index (χ0n) is 15.6. The fourth-order valence-corrected chi connectivity index (χ4v) is 2.93. The van der Waals surface area contributed by atoms with Gasteiger partial charge in [-0.2, -0.15) is 13.2 Å². The number of halogens is 3. The summed E-state index contributed by atoms with van der Waals surface area (Å²) in [6.45, 7) is 5.08. The maximum absolute atomic E-state index is 13.0. The average molecular weight is 402 g/mol. The maximum Gasteiger partial charge on any atom is 0.416 e. The summed E-state index contributed by atoms with van der Waals surface area (Å²) in [7, 11) is 0. The summed E-state index contributed by atoms with van der Waals surface area (Å²) >= 11 is 0. The maximum atomic E-state index is 13.0. The topological polar surface area (TPSA) is 89.9 Å². The number of alkyl halides is 3. The molecule has 0 radical (unpaired) electrons. The number of carboxylic acids is 2. The van der Waals surface area contributed by atoms with Crippen LogP contribution < -0.4 is 5.32 Å². The molecule has 0 amide bonds. The molecule has 1 heterocycles. The average Bonchev–Trinajstić information content (AvgIpc) is 3.14. The quantitative estimate of drug-likeness (QED) is 0.608. The number of rotatable bonds is 7. The SMILES string of the molecule is CCCN(Cc1ccccc1C(F)(F)F)[C@H]1CCNC1.O=C(O)/C=C/C(=O)O. The second-order valence-corrected chi connectivity index (χ2v) is 6.28. The Balaban J connectivity index is 0.000000416. The molecule has 0 spiro atoms. The molecular formula is C19H25F3N2O4. The van der Waals surface area contributed by atoms with Crippen LogP contribution in [0.3, 0.4) is 0 Å². The molecule has 1 aromatic rings.